The van der Waals surface area contributed by atoms with Crippen molar-refractivity contribution < 1.29 is 14.6 Å². The molecule has 0 amide bonds. The van der Waals surface area contributed by atoms with Crippen molar-refractivity contribution in [3.05, 3.63) is 28.3 Å². The number of halogens is 1. The van der Waals surface area contributed by atoms with E-state index in [1.165, 1.54) is 0 Å². The number of carboxylic acid groups (broad SMARTS) is 1. The summed E-state index contributed by atoms with van der Waals surface area (Å²) < 4.78 is 5.24. The third kappa shape index (κ3) is 3.40. The number of nitrogens with one attached hydrogen (secondary N) is 1. The summed E-state index contributed by atoms with van der Waals surface area (Å²) in [5.41, 5.74) is 1.79. The third-order valence-electron chi connectivity index (χ3n) is 2.11. The number of benzene rings is 1. The Morgan fingerprint density at radius 2 is 2.25 bits per heavy atom. The van der Waals surface area contributed by atoms with E-state index in [0.717, 1.165) is 16.9 Å². The lowest BCUT2D eigenvalue weighted by atomic mass is 10.1. The van der Waals surface area contributed by atoms with E-state index in [4.69, 9.17) is 21.4 Å². The van der Waals surface area contributed by atoms with Gasteiger partial charge >= 0.3 is 5.97 Å². The molecule has 0 atom stereocenters. The van der Waals surface area contributed by atoms with Gasteiger partial charge in [0.15, 0.2) is 0 Å². The van der Waals surface area contributed by atoms with Crippen LogP contribution in [0.3, 0.4) is 0 Å². The van der Waals surface area contributed by atoms with Gasteiger partial charge in [-0.05, 0) is 24.6 Å². The third-order valence-corrected chi connectivity index (χ3v) is 2.33. The molecule has 0 aromatic heterocycles. The number of rotatable bonds is 5. The van der Waals surface area contributed by atoms with Crippen LogP contribution >= 0.6 is 11.6 Å². The molecular formula is C11H14ClNO3. The highest BCUT2D eigenvalue weighted by molar-refractivity contribution is 6.30. The molecule has 16 heavy (non-hydrogen) atoms. The maximum Gasteiger partial charge on any atom is 0.317 e. The largest absolute Gasteiger partial charge is 0.496 e. The number of aryl methyl sites for hydroxylation is 1. The van der Waals surface area contributed by atoms with E-state index < -0.39 is 5.97 Å². The Hall–Kier alpha value is -1.26. The van der Waals surface area contributed by atoms with Crippen LogP contribution in [0, 0.1) is 6.92 Å². The van der Waals surface area contributed by atoms with E-state index in [9.17, 15) is 4.79 Å². The molecule has 0 heterocycles. The van der Waals surface area contributed by atoms with Gasteiger partial charge in [0.2, 0.25) is 0 Å². The first-order valence-corrected chi connectivity index (χ1v) is 5.18. The molecule has 0 unspecified atom stereocenters. The molecule has 0 spiro atoms. The van der Waals surface area contributed by atoms with Crippen molar-refractivity contribution in [2.24, 2.45) is 0 Å². The number of carboxylic acids is 1. The zero-order chi connectivity index (χ0) is 12.1. The molecule has 0 aliphatic heterocycles. The second-order valence-corrected chi connectivity index (χ2v) is 3.85. The molecule has 5 heteroatoms. The normalized spacial score (nSPS) is 10.2. The van der Waals surface area contributed by atoms with Gasteiger partial charge in [-0.1, -0.05) is 11.6 Å². The van der Waals surface area contributed by atoms with Gasteiger partial charge < -0.3 is 15.2 Å². The Labute approximate surface area is 99.2 Å². The van der Waals surface area contributed by atoms with E-state index in [0.29, 0.717) is 11.6 Å². The molecule has 0 aliphatic rings. The highest BCUT2D eigenvalue weighted by atomic mass is 35.5. The van der Waals surface area contributed by atoms with E-state index in [1.807, 2.05) is 6.92 Å². The Morgan fingerprint density at radius 1 is 1.56 bits per heavy atom. The lowest BCUT2D eigenvalue weighted by Gasteiger charge is -2.12. The topological polar surface area (TPSA) is 58.6 Å². The van der Waals surface area contributed by atoms with Gasteiger partial charge in [-0.25, -0.2) is 0 Å². The van der Waals surface area contributed by atoms with E-state index in [-0.39, 0.29) is 6.54 Å². The number of aliphatic carboxylic acids is 1. The van der Waals surface area contributed by atoms with Gasteiger partial charge in [-0.2, -0.15) is 0 Å². The fourth-order valence-electron chi connectivity index (χ4n) is 1.53. The molecule has 88 valence electrons. The molecule has 1 aromatic rings. The number of methoxy groups -OCH3 is 1. The Kier molecular flexibility index (Phi) is 4.58. The molecule has 0 fully saturated rings. The van der Waals surface area contributed by atoms with E-state index >= 15 is 0 Å². The van der Waals surface area contributed by atoms with Crippen molar-refractivity contribution in [1.29, 1.82) is 0 Å². The maximum atomic E-state index is 10.4. The second-order valence-electron chi connectivity index (χ2n) is 3.41. The maximum absolute atomic E-state index is 10.4. The minimum atomic E-state index is -0.891. The summed E-state index contributed by atoms with van der Waals surface area (Å²) in [5.74, 6) is -0.153. The second kappa shape index (κ2) is 5.72. The minimum Gasteiger partial charge on any atom is -0.496 e. The molecule has 1 aromatic carbocycles. The van der Waals surface area contributed by atoms with Crippen LogP contribution in [0.25, 0.3) is 0 Å². The monoisotopic (exact) mass is 243 g/mol. The van der Waals surface area contributed by atoms with Crippen molar-refractivity contribution in [1.82, 2.24) is 5.32 Å². The Morgan fingerprint density at radius 3 is 2.81 bits per heavy atom. The first-order chi connectivity index (χ1) is 7.54. The predicted octanol–water partition coefficient (Wildman–Crippen LogP) is 1.83. The Balaban J connectivity index is 2.81. The van der Waals surface area contributed by atoms with Crippen LogP contribution < -0.4 is 10.1 Å². The summed E-state index contributed by atoms with van der Waals surface area (Å²) in [5, 5.41) is 11.9. The first-order valence-electron chi connectivity index (χ1n) is 4.80. The number of carbonyl (C=O) groups is 1. The molecule has 0 bridgehead atoms. The number of hydrogen-bond acceptors (Lipinski definition) is 3. The standard InChI is InChI=1S/C11H14ClNO3/c1-7-3-9(12)4-8(11(7)16-2)5-13-6-10(14)15/h3-4,13H,5-6H2,1-2H3,(H,14,15). The SMILES string of the molecule is COc1c(C)cc(Cl)cc1CNCC(=O)O. The molecule has 0 aliphatic carbocycles. The summed E-state index contributed by atoms with van der Waals surface area (Å²) in [6, 6.07) is 3.57. The average molecular weight is 244 g/mol. The lowest BCUT2D eigenvalue weighted by molar-refractivity contribution is -0.135. The number of hydrogen-bond donors (Lipinski definition) is 2. The minimum absolute atomic E-state index is 0.0886. The molecule has 2 N–H and O–H groups in total. The molecular weight excluding hydrogens is 230 g/mol. The summed E-state index contributed by atoms with van der Waals surface area (Å²) in [4.78, 5) is 10.4. The molecule has 0 saturated carbocycles. The van der Waals surface area contributed by atoms with Crippen LogP contribution in [-0.4, -0.2) is 24.7 Å². The highest BCUT2D eigenvalue weighted by Crippen LogP contribution is 2.27. The quantitative estimate of drug-likeness (QED) is 0.829. The summed E-state index contributed by atoms with van der Waals surface area (Å²) >= 11 is 5.92. The van der Waals surface area contributed by atoms with Crippen LogP contribution in [0.15, 0.2) is 12.1 Å². The fourth-order valence-corrected chi connectivity index (χ4v) is 1.82. The van der Waals surface area contributed by atoms with Crippen LogP contribution in [0.2, 0.25) is 5.02 Å². The summed E-state index contributed by atoms with van der Waals surface area (Å²) in [6.45, 7) is 2.22. The van der Waals surface area contributed by atoms with Crippen molar-refractivity contribution in [3.63, 3.8) is 0 Å². The van der Waals surface area contributed by atoms with Crippen LogP contribution in [0.1, 0.15) is 11.1 Å². The van der Waals surface area contributed by atoms with Crippen LogP contribution in [0.5, 0.6) is 5.75 Å². The van der Waals surface area contributed by atoms with E-state index in [2.05, 4.69) is 5.32 Å². The van der Waals surface area contributed by atoms with Gasteiger partial charge in [0.1, 0.15) is 5.75 Å². The van der Waals surface area contributed by atoms with Crippen molar-refractivity contribution in [3.8, 4) is 5.75 Å². The lowest BCUT2D eigenvalue weighted by Crippen LogP contribution is -2.22. The molecule has 0 saturated heterocycles. The number of ether oxygens (including phenoxy) is 1. The van der Waals surface area contributed by atoms with E-state index in [1.54, 1.807) is 19.2 Å². The smallest absolute Gasteiger partial charge is 0.317 e. The van der Waals surface area contributed by atoms with Crippen molar-refractivity contribution in [2.45, 2.75) is 13.5 Å². The van der Waals surface area contributed by atoms with Gasteiger partial charge in [0, 0.05) is 17.1 Å². The van der Waals surface area contributed by atoms with Gasteiger partial charge in [-0.3, -0.25) is 4.79 Å². The summed E-state index contributed by atoms with van der Waals surface area (Å²) in [6.07, 6.45) is 0. The zero-order valence-electron chi connectivity index (χ0n) is 9.21. The Bertz CT molecular complexity index is 393. The average Bonchev–Trinajstić information content (AvgIpc) is 2.16. The highest BCUT2D eigenvalue weighted by Gasteiger charge is 2.08. The van der Waals surface area contributed by atoms with Gasteiger partial charge in [-0.15, -0.1) is 0 Å². The predicted molar refractivity (Wildman–Crippen MR) is 62.1 cm³/mol. The van der Waals surface area contributed by atoms with Crippen LogP contribution in [0.4, 0.5) is 0 Å². The molecule has 1 rings (SSSR count). The molecule has 4 nitrogen and oxygen atoms in total. The summed E-state index contributed by atoms with van der Waals surface area (Å²) in [7, 11) is 1.58. The first kappa shape index (κ1) is 12.8. The fraction of sp³-hybridized carbons (Fsp3) is 0.364. The van der Waals surface area contributed by atoms with Crippen molar-refractivity contribution in [2.75, 3.05) is 13.7 Å². The van der Waals surface area contributed by atoms with Gasteiger partial charge in [0.05, 0.1) is 13.7 Å². The van der Waals surface area contributed by atoms with Crippen LogP contribution in [-0.2, 0) is 11.3 Å². The van der Waals surface area contributed by atoms with Gasteiger partial charge in [0.25, 0.3) is 0 Å². The van der Waals surface area contributed by atoms with Crippen molar-refractivity contribution >= 4 is 17.6 Å². The zero-order valence-corrected chi connectivity index (χ0v) is 9.97. The molecule has 0 radical (unpaired) electrons.